The lowest BCUT2D eigenvalue weighted by Gasteiger charge is -2.16. The summed E-state index contributed by atoms with van der Waals surface area (Å²) in [7, 11) is 1.64. The van der Waals surface area contributed by atoms with Gasteiger partial charge in [-0.1, -0.05) is 25.9 Å². The molecule has 31 heavy (non-hydrogen) atoms. The molecule has 7 nitrogen and oxygen atoms in total. The summed E-state index contributed by atoms with van der Waals surface area (Å²) >= 11 is 0. The van der Waals surface area contributed by atoms with Crippen LogP contribution in [0.2, 0.25) is 0 Å². The van der Waals surface area contributed by atoms with Crippen LogP contribution in [0.1, 0.15) is 49.8 Å². The molecule has 1 aromatic heterocycles. The van der Waals surface area contributed by atoms with Crippen LogP contribution in [0.4, 0.5) is 8.78 Å². The van der Waals surface area contributed by atoms with Crippen molar-refractivity contribution in [3.63, 3.8) is 0 Å². The maximum atomic E-state index is 12.8. The SMILES string of the molecule is CCCOc1ccc(CNC(=NC)NCc2c(CC)noc2CC)c(OC(F)F)c1.I. The Balaban J connectivity index is 0.00000480. The highest BCUT2D eigenvalue weighted by atomic mass is 127. The number of aromatic nitrogens is 1. The van der Waals surface area contributed by atoms with Crippen molar-refractivity contribution in [2.45, 2.75) is 59.7 Å². The number of nitrogens with one attached hydrogen (secondary N) is 2. The van der Waals surface area contributed by atoms with Crippen LogP contribution in [-0.4, -0.2) is 31.4 Å². The number of hydrogen-bond donors (Lipinski definition) is 2. The highest BCUT2D eigenvalue weighted by molar-refractivity contribution is 14.0. The van der Waals surface area contributed by atoms with Crippen molar-refractivity contribution in [2.24, 2.45) is 4.99 Å². The van der Waals surface area contributed by atoms with E-state index >= 15 is 0 Å². The normalized spacial score (nSPS) is 11.3. The van der Waals surface area contributed by atoms with E-state index in [4.69, 9.17) is 9.26 Å². The summed E-state index contributed by atoms with van der Waals surface area (Å²) in [5, 5.41) is 10.4. The first-order valence-corrected chi connectivity index (χ1v) is 10.1. The fourth-order valence-corrected chi connectivity index (χ4v) is 2.91. The number of ether oxygens (including phenoxy) is 2. The molecule has 0 aliphatic heterocycles. The molecule has 0 bridgehead atoms. The quantitative estimate of drug-likeness (QED) is 0.240. The second kappa shape index (κ2) is 14.0. The maximum absolute atomic E-state index is 12.8. The number of benzene rings is 1. The summed E-state index contributed by atoms with van der Waals surface area (Å²) in [6, 6.07) is 4.92. The minimum atomic E-state index is -2.92. The summed E-state index contributed by atoms with van der Waals surface area (Å²) in [4.78, 5) is 4.19. The molecular formula is C21H31F2IN4O3. The first kappa shape index (κ1) is 26.9. The molecule has 0 fully saturated rings. The Hall–Kier alpha value is -2.11. The molecule has 0 spiro atoms. The molecule has 2 N–H and O–H groups in total. The Labute approximate surface area is 199 Å². The number of nitrogens with zero attached hydrogens (tertiary/aromatic N) is 2. The molecule has 2 rings (SSSR count). The molecule has 0 aliphatic carbocycles. The van der Waals surface area contributed by atoms with Gasteiger partial charge in [-0.25, -0.2) is 0 Å². The van der Waals surface area contributed by atoms with Crippen LogP contribution in [0.25, 0.3) is 0 Å². The van der Waals surface area contributed by atoms with Gasteiger partial charge in [-0.15, -0.1) is 24.0 Å². The third kappa shape index (κ3) is 8.15. The Morgan fingerprint density at radius 1 is 1.16 bits per heavy atom. The van der Waals surface area contributed by atoms with Gasteiger partial charge in [0.1, 0.15) is 17.3 Å². The molecular weight excluding hydrogens is 521 g/mol. The number of guanidine groups is 1. The van der Waals surface area contributed by atoms with Gasteiger partial charge >= 0.3 is 6.61 Å². The summed E-state index contributed by atoms with van der Waals surface area (Å²) < 4.78 is 41.2. The highest BCUT2D eigenvalue weighted by Crippen LogP contribution is 2.26. The maximum Gasteiger partial charge on any atom is 0.387 e. The molecule has 1 aromatic carbocycles. The van der Waals surface area contributed by atoms with E-state index in [2.05, 4.69) is 25.5 Å². The molecule has 0 amide bonds. The zero-order valence-electron chi connectivity index (χ0n) is 18.3. The predicted molar refractivity (Wildman–Crippen MR) is 127 cm³/mol. The Morgan fingerprint density at radius 2 is 1.90 bits per heavy atom. The van der Waals surface area contributed by atoms with E-state index in [9.17, 15) is 8.78 Å². The number of halogens is 3. The van der Waals surface area contributed by atoms with Crippen LogP contribution in [0.3, 0.4) is 0 Å². The van der Waals surface area contributed by atoms with Gasteiger partial charge in [0, 0.05) is 43.8 Å². The second-order valence-corrected chi connectivity index (χ2v) is 6.51. The first-order valence-electron chi connectivity index (χ1n) is 10.1. The van der Waals surface area contributed by atoms with Gasteiger partial charge in [0.2, 0.25) is 0 Å². The number of aliphatic imine (C=N–C) groups is 1. The van der Waals surface area contributed by atoms with E-state index in [-0.39, 0.29) is 36.3 Å². The molecule has 0 aliphatic rings. The number of aryl methyl sites for hydroxylation is 2. The minimum Gasteiger partial charge on any atom is -0.493 e. The molecule has 0 unspecified atom stereocenters. The fourth-order valence-electron chi connectivity index (χ4n) is 2.91. The van der Waals surface area contributed by atoms with Crippen LogP contribution in [0, 0.1) is 0 Å². The van der Waals surface area contributed by atoms with E-state index in [0.29, 0.717) is 30.4 Å². The Kier molecular flexibility index (Phi) is 12.2. The summed E-state index contributed by atoms with van der Waals surface area (Å²) in [5.41, 5.74) is 2.49. The average Bonchev–Trinajstić information content (AvgIpc) is 3.14. The van der Waals surface area contributed by atoms with E-state index in [1.165, 1.54) is 6.07 Å². The van der Waals surface area contributed by atoms with Gasteiger partial charge in [-0.05, 0) is 25.0 Å². The van der Waals surface area contributed by atoms with Crippen LogP contribution in [-0.2, 0) is 25.9 Å². The van der Waals surface area contributed by atoms with Crippen molar-refractivity contribution in [2.75, 3.05) is 13.7 Å². The number of alkyl halides is 2. The van der Waals surface area contributed by atoms with Crippen LogP contribution in [0.5, 0.6) is 11.5 Å². The highest BCUT2D eigenvalue weighted by Gasteiger charge is 2.15. The molecule has 0 radical (unpaired) electrons. The van der Waals surface area contributed by atoms with Gasteiger partial charge in [0.25, 0.3) is 0 Å². The van der Waals surface area contributed by atoms with Gasteiger partial charge < -0.3 is 24.6 Å². The van der Waals surface area contributed by atoms with Gasteiger partial charge in [0.05, 0.1) is 12.3 Å². The minimum absolute atomic E-state index is 0. The molecule has 174 valence electrons. The summed E-state index contributed by atoms with van der Waals surface area (Å²) in [6.45, 7) is 4.34. The average molecular weight is 552 g/mol. The van der Waals surface area contributed by atoms with Crippen LogP contribution >= 0.6 is 24.0 Å². The fraction of sp³-hybridized carbons (Fsp3) is 0.524. The Bertz CT molecular complexity index is 809. The van der Waals surface area contributed by atoms with E-state index in [0.717, 1.165) is 36.3 Å². The lowest BCUT2D eigenvalue weighted by atomic mass is 10.1. The molecule has 0 atom stereocenters. The predicted octanol–water partition coefficient (Wildman–Crippen LogP) is 4.67. The molecule has 10 heteroatoms. The zero-order chi connectivity index (χ0) is 21.9. The summed E-state index contributed by atoms with van der Waals surface area (Å²) in [6.07, 6.45) is 2.34. The smallest absolute Gasteiger partial charge is 0.387 e. The van der Waals surface area contributed by atoms with Gasteiger partial charge in [0.15, 0.2) is 5.96 Å². The van der Waals surface area contributed by atoms with Gasteiger partial charge in [-0.2, -0.15) is 8.78 Å². The number of rotatable bonds is 11. The molecule has 0 saturated heterocycles. The molecule has 2 aromatic rings. The van der Waals surface area contributed by atoms with E-state index < -0.39 is 6.61 Å². The first-order chi connectivity index (χ1) is 14.5. The number of hydrogen-bond acceptors (Lipinski definition) is 5. The van der Waals surface area contributed by atoms with Crippen LogP contribution in [0.15, 0.2) is 27.7 Å². The lowest BCUT2D eigenvalue weighted by molar-refractivity contribution is -0.0505. The van der Waals surface area contributed by atoms with Crippen LogP contribution < -0.4 is 20.1 Å². The monoisotopic (exact) mass is 552 g/mol. The largest absolute Gasteiger partial charge is 0.493 e. The van der Waals surface area contributed by atoms with E-state index in [1.54, 1.807) is 19.2 Å². The van der Waals surface area contributed by atoms with Crippen molar-refractivity contribution in [1.29, 1.82) is 0 Å². The van der Waals surface area contributed by atoms with E-state index in [1.807, 2.05) is 20.8 Å². The topological polar surface area (TPSA) is 80.9 Å². The second-order valence-electron chi connectivity index (χ2n) is 6.51. The third-order valence-corrected chi connectivity index (χ3v) is 4.44. The molecule has 0 saturated carbocycles. The lowest BCUT2D eigenvalue weighted by Crippen LogP contribution is -2.36. The molecule has 1 heterocycles. The third-order valence-electron chi connectivity index (χ3n) is 4.44. The van der Waals surface area contributed by atoms with Crippen molar-refractivity contribution in [1.82, 2.24) is 15.8 Å². The standard InChI is InChI=1S/C21H30F2N4O3.HI/c1-5-10-28-15-9-8-14(19(11-15)29-20(22)23)12-25-21(24-4)26-13-16-17(6-2)27-30-18(16)7-3;/h8-9,11,20H,5-7,10,12-13H2,1-4H3,(H2,24,25,26);1H. The zero-order valence-corrected chi connectivity index (χ0v) is 20.7. The van der Waals surface area contributed by atoms with Crippen molar-refractivity contribution < 1.29 is 22.8 Å². The van der Waals surface area contributed by atoms with Gasteiger partial charge in [-0.3, -0.25) is 4.99 Å². The summed E-state index contributed by atoms with van der Waals surface area (Å²) in [5.74, 6) is 1.92. The van der Waals surface area contributed by atoms with Crippen molar-refractivity contribution in [3.8, 4) is 11.5 Å². The van der Waals surface area contributed by atoms with Crippen molar-refractivity contribution >= 4 is 29.9 Å². The Morgan fingerprint density at radius 3 is 2.52 bits per heavy atom. The van der Waals surface area contributed by atoms with Crippen molar-refractivity contribution in [3.05, 3.63) is 40.8 Å².